The number of benzene rings is 1. The summed E-state index contributed by atoms with van der Waals surface area (Å²) in [5.41, 5.74) is 0.287. The molecule has 7 nitrogen and oxygen atoms in total. The van der Waals surface area contributed by atoms with E-state index < -0.39 is 14.9 Å². The normalized spacial score (nSPS) is 17.3. The maximum Gasteiger partial charge on any atom is 0.269 e. The van der Waals surface area contributed by atoms with Crippen molar-refractivity contribution >= 4 is 15.7 Å². The second-order valence-electron chi connectivity index (χ2n) is 6.54. The highest BCUT2D eigenvalue weighted by Gasteiger charge is 2.31. The fraction of sp³-hybridized carbons (Fsp3) is 0.625. The lowest BCUT2D eigenvalue weighted by atomic mass is 10.1. The van der Waals surface area contributed by atoms with Crippen LogP contribution in [0.25, 0.3) is 0 Å². The van der Waals surface area contributed by atoms with E-state index in [1.807, 2.05) is 0 Å². The van der Waals surface area contributed by atoms with Crippen molar-refractivity contribution in [1.82, 2.24) is 4.31 Å². The molecule has 8 heteroatoms. The first-order valence-corrected chi connectivity index (χ1v) is 9.52. The third kappa shape index (κ3) is 4.31. The van der Waals surface area contributed by atoms with Crippen LogP contribution in [0.2, 0.25) is 0 Å². The SMILES string of the molecule is Cc1cc([N+](=O)[O-])ccc1S(=O)(=O)N1CCC(OCC(C)C)CC1. The van der Waals surface area contributed by atoms with E-state index in [0.29, 0.717) is 44.0 Å². The van der Waals surface area contributed by atoms with Crippen LogP contribution in [-0.2, 0) is 14.8 Å². The van der Waals surface area contributed by atoms with Gasteiger partial charge < -0.3 is 4.74 Å². The van der Waals surface area contributed by atoms with E-state index in [1.165, 1.54) is 22.5 Å². The van der Waals surface area contributed by atoms with E-state index in [4.69, 9.17) is 4.74 Å². The summed E-state index contributed by atoms with van der Waals surface area (Å²) in [6.45, 7) is 7.23. The number of aryl methyl sites for hydroxylation is 1. The van der Waals surface area contributed by atoms with Gasteiger partial charge >= 0.3 is 0 Å². The number of piperidine rings is 1. The number of sulfonamides is 1. The van der Waals surface area contributed by atoms with Gasteiger partial charge in [-0.1, -0.05) is 13.8 Å². The summed E-state index contributed by atoms with van der Waals surface area (Å²) in [5.74, 6) is 0.453. The summed E-state index contributed by atoms with van der Waals surface area (Å²) in [6, 6.07) is 3.86. The van der Waals surface area contributed by atoms with Crippen LogP contribution in [0.5, 0.6) is 0 Å². The minimum atomic E-state index is -3.63. The van der Waals surface area contributed by atoms with E-state index >= 15 is 0 Å². The molecule has 0 saturated carbocycles. The van der Waals surface area contributed by atoms with Crippen LogP contribution >= 0.6 is 0 Å². The molecule has 1 aliphatic rings. The van der Waals surface area contributed by atoms with Gasteiger partial charge in [0.1, 0.15) is 0 Å². The Morgan fingerprint density at radius 3 is 2.46 bits per heavy atom. The molecule has 0 radical (unpaired) electrons. The highest BCUT2D eigenvalue weighted by Crippen LogP contribution is 2.27. The van der Waals surface area contributed by atoms with Gasteiger partial charge in [-0.15, -0.1) is 0 Å². The van der Waals surface area contributed by atoms with Crippen molar-refractivity contribution in [2.75, 3.05) is 19.7 Å². The monoisotopic (exact) mass is 356 g/mol. The molecule has 1 fully saturated rings. The first kappa shape index (κ1) is 18.8. The molecule has 1 heterocycles. The van der Waals surface area contributed by atoms with Gasteiger partial charge in [0.15, 0.2) is 0 Å². The van der Waals surface area contributed by atoms with Crippen LogP contribution in [0.4, 0.5) is 5.69 Å². The van der Waals surface area contributed by atoms with Crippen LogP contribution in [-0.4, -0.2) is 43.4 Å². The number of non-ortho nitro benzene ring substituents is 1. The molecule has 0 spiro atoms. The Morgan fingerprint density at radius 1 is 1.33 bits per heavy atom. The van der Waals surface area contributed by atoms with Crippen molar-refractivity contribution in [3.63, 3.8) is 0 Å². The minimum Gasteiger partial charge on any atom is -0.378 e. The Hall–Kier alpha value is -1.51. The number of rotatable bonds is 6. The molecule has 0 bridgehead atoms. The lowest BCUT2D eigenvalue weighted by molar-refractivity contribution is -0.385. The first-order valence-electron chi connectivity index (χ1n) is 8.08. The predicted molar refractivity (Wildman–Crippen MR) is 90.4 cm³/mol. The van der Waals surface area contributed by atoms with Crippen LogP contribution in [0, 0.1) is 23.0 Å². The summed E-state index contributed by atoms with van der Waals surface area (Å²) in [5, 5.41) is 10.8. The lowest BCUT2D eigenvalue weighted by Gasteiger charge is -2.31. The summed E-state index contributed by atoms with van der Waals surface area (Å²) < 4.78 is 32.8. The number of nitrogens with zero attached hydrogens (tertiary/aromatic N) is 2. The second kappa shape index (κ2) is 7.58. The average molecular weight is 356 g/mol. The lowest BCUT2D eigenvalue weighted by Crippen LogP contribution is -2.41. The topological polar surface area (TPSA) is 89.8 Å². The molecule has 2 rings (SSSR count). The van der Waals surface area contributed by atoms with Gasteiger partial charge in [0.05, 0.1) is 15.9 Å². The summed E-state index contributed by atoms with van der Waals surface area (Å²) in [7, 11) is -3.63. The van der Waals surface area contributed by atoms with E-state index in [2.05, 4.69) is 13.8 Å². The van der Waals surface area contributed by atoms with Crippen molar-refractivity contribution in [3.05, 3.63) is 33.9 Å². The number of nitro groups is 1. The third-order valence-corrected chi connectivity index (χ3v) is 6.11. The van der Waals surface area contributed by atoms with Gasteiger partial charge in [-0.2, -0.15) is 4.31 Å². The predicted octanol–water partition coefficient (Wildman–Crippen LogP) is 2.73. The Morgan fingerprint density at radius 2 is 1.96 bits per heavy atom. The van der Waals surface area contributed by atoms with Crippen molar-refractivity contribution in [2.24, 2.45) is 5.92 Å². The minimum absolute atomic E-state index is 0.0943. The van der Waals surface area contributed by atoms with Crippen molar-refractivity contribution in [3.8, 4) is 0 Å². The Balaban J connectivity index is 2.08. The molecule has 134 valence electrons. The molecular formula is C16H24N2O5S. The number of nitro benzene ring substituents is 1. The molecule has 1 aromatic rings. The highest BCUT2D eigenvalue weighted by atomic mass is 32.2. The van der Waals surface area contributed by atoms with Crippen LogP contribution in [0.15, 0.2) is 23.1 Å². The molecule has 0 unspecified atom stereocenters. The Kier molecular flexibility index (Phi) is 5.95. The average Bonchev–Trinajstić information content (AvgIpc) is 2.52. The zero-order valence-corrected chi connectivity index (χ0v) is 15.1. The Bertz CT molecular complexity index is 694. The first-order chi connectivity index (χ1) is 11.2. The molecular weight excluding hydrogens is 332 g/mol. The van der Waals surface area contributed by atoms with Crippen molar-refractivity contribution < 1.29 is 18.1 Å². The van der Waals surface area contributed by atoms with Gasteiger partial charge in [0, 0.05) is 31.8 Å². The molecule has 1 aliphatic heterocycles. The number of ether oxygens (including phenoxy) is 1. The van der Waals surface area contributed by atoms with Gasteiger partial charge in [-0.3, -0.25) is 10.1 Å². The molecule has 0 aliphatic carbocycles. The fourth-order valence-electron chi connectivity index (χ4n) is 2.74. The van der Waals surface area contributed by atoms with E-state index in [1.54, 1.807) is 6.92 Å². The smallest absolute Gasteiger partial charge is 0.269 e. The zero-order valence-electron chi connectivity index (χ0n) is 14.3. The molecule has 0 amide bonds. The van der Waals surface area contributed by atoms with Gasteiger partial charge in [0.25, 0.3) is 5.69 Å². The molecule has 1 aromatic carbocycles. The molecule has 0 aromatic heterocycles. The summed E-state index contributed by atoms with van der Waals surface area (Å²) in [6.07, 6.45) is 1.42. The molecule has 1 saturated heterocycles. The zero-order chi connectivity index (χ0) is 17.9. The maximum atomic E-state index is 12.8. The van der Waals surface area contributed by atoms with E-state index in [-0.39, 0.29) is 16.7 Å². The summed E-state index contributed by atoms with van der Waals surface area (Å²) >= 11 is 0. The van der Waals surface area contributed by atoms with Gasteiger partial charge in [0.2, 0.25) is 10.0 Å². The van der Waals surface area contributed by atoms with Crippen LogP contribution in [0.1, 0.15) is 32.3 Å². The van der Waals surface area contributed by atoms with Crippen molar-refractivity contribution in [2.45, 2.75) is 44.6 Å². The molecule has 0 N–H and O–H groups in total. The van der Waals surface area contributed by atoms with Crippen LogP contribution in [0.3, 0.4) is 0 Å². The quantitative estimate of drug-likeness (QED) is 0.577. The number of hydrogen-bond acceptors (Lipinski definition) is 5. The van der Waals surface area contributed by atoms with Gasteiger partial charge in [-0.25, -0.2) is 8.42 Å². The van der Waals surface area contributed by atoms with E-state index in [9.17, 15) is 18.5 Å². The van der Waals surface area contributed by atoms with Crippen LogP contribution < -0.4 is 0 Å². The molecule has 24 heavy (non-hydrogen) atoms. The van der Waals surface area contributed by atoms with Crippen molar-refractivity contribution in [1.29, 1.82) is 0 Å². The fourth-order valence-corrected chi connectivity index (χ4v) is 4.42. The van der Waals surface area contributed by atoms with E-state index in [0.717, 1.165) is 0 Å². The van der Waals surface area contributed by atoms with Gasteiger partial charge in [-0.05, 0) is 37.3 Å². The standard InChI is InChI=1S/C16H24N2O5S/c1-12(2)11-23-15-6-8-17(9-7-15)24(21,22)16-5-4-14(18(19)20)10-13(16)3/h4-5,10,12,15H,6-9,11H2,1-3H3. The summed E-state index contributed by atoms with van der Waals surface area (Å²) in [4.78, 5) is 10.4. The molecule has 0 atom stereocenters. The third-order valence-electron chi connectivity index (χ3n) is 4.05. The largest absolute Gasteiger partial charge is 0.378 e. The highest BCUT2D eigenvalue weighted by molar-refractivity contribution is 7.89. The Labute approximate surface area is 142 Å². The second-order valence-corrected chi connectivity index (χ2v) is 8.44. The number of hydrogen-bond donors (Lipinski definition) is 0. The maximum absolute atomic E-state index is 12.8.